The van der Waals surface area contributed by atoms with Crippen molar-refractivity contribution in [2.24, 2.45) is 0 Å². The average Bonchev–Trinajstić information content (AvgIpc) is 2.90. The van der Waals surface area contributed by atoms with Gasteiger partial charge in [0.25, 0.3) is 5.91 Å². The molecule has 1 amide bonds. The first-order valence-electron chi connectivity index (χ1n) is 7.90. The van der Waals surface area contributed by atoms with Crippen LogP contribution in [0.3, 0.4) is 0 Å². The van der Waals surface area contributed by atoms with Crippen LogP contribution < -0.4 is 5.32 Å². The molecule has 1 unspecified atom stereocenters. The van der Waals surface area contributed by atoms with Gasteiger partial charge in [-0.15, -0.1) is 0 Å². The van der Waals surface area contributed by atoms with Crippen molar-refractivity contribution in [1.29, 1.82) is 0 Å². The highest BCUT2D eigenvalue weighted by Crippen LogP contribution is 2.29. The number of carbonyl (C=O) groups is 1. The molecule has 1 atom stereocenters. The topological polar surface area (TPSA) is 54.5 Å². The van der Waals surface area contributed by atoms with Crippen LogP contribution in [0.15, 0.2) is 48.8 Å². The molecule has 4 rings (SSSR count). The summed E-state index contributed by atoms with van der Waals surface area (Å²) in [5, 5.41) is 3.11. The van der Waals surface area contributed by atoms with Crippen molar-refractivity contribution in [3.63, 3.8) is 0 Å². The number of aromatic nitrogens is 1. The fraction of sp³-hybridized carbons (Fsp3) is 0.333. The Hall–Kier alpha value is -2.24. The van der Waals surface area contributed by atoms with Gasteiger partial charge in [-0.2, -0.15) is 0 Å². The Morgan fingerprint density at radius 3 is 3.04 bits per heavy atom. The number of hydrogen-bond donors (Lipinski definition) is 1. The van der Waals surface area contributed by atoms with E-state index in [-0.39, 0.29) is 5.91 Å². The maximum atomic E-state index is 12.5. The Morgan fingerprint density at radius 1 is 1.26 bits per heavy atom. The molecule has 0 saturated carbocycles. The van der Waals surface area contributed by atoms with Gasteiger partial charge in [0.15, 0.2) is 5.72 Å². The van der Waals surface area contributed by atoms with E-state index in [1.807, 2.05) is 36.5 Å². The highest BCUT2D eigenvalue weighted by Gasteiger charge is 2.42. The van der Waals surface area contributed by atoms with Gasteiger partial charge in [0, 0.05) is 44.0 Å². The van der Waals surface area contributed by atoms with E-state index in [4.69, 9.17) is 4.74 Å². The SMILES string of the molecule is O=C1NC2(CCN(Cc3cccnc3)C2)OCc2ccccc21. The maximum absolute atomic E-state index is 12.5. The molecule has 23 heavy (non-hydrogen) atoms. The Kier molecular flexibility index (Phi) is 3.59. The minimum atomic E-state index is -0.585. The van der Waals surface area contributed by atoms with Crippen LogP contribution >= 0.6 is 0 Å². The molecule has 3 heterocycles. The predicted molar refractivity (Wildman–Crippen MR) is 85.6 cm³/mol. The minimum absolute atomic E-state index is 0.0404. The minimum Gasteiger partial charge on any atom is -0.350 e. The van der Waals surface area contributed by atoms with Crippen LogP contribution in [0.4, 0.5) is 0 Å². The van der Waals surface area contributed by atoms with Gasteiger partial charge in [0.2, 0.25) is 0 Å². The fourth-order valence-corrected chi connectivity index (χ4v) is 3.36. The zero-order chi connectivity index (χ0) is 15.7. The molecular weight excluding hydrogens is 290 g/mol. The van der Waals surface area contributed by atoms with Crippen LogP contribution in [-0.2, 0) is 17.9 Å². The molecule has 2 aromatic rings. The molecule has 2 aliphatic rings. The van der Waals surface area contributed by atoms with E-state index < -0.39 is 5.72 Å². The summed E-state index contributed by atoms with van der Waals surface area (Å²) in [4.78, 5) is 19.0. The summed E-state index contributed by atoms with van der Waals surface area (Å²) in [5.74, 6) is -0.0404. The van der Waals surface area contributed by atoms with Crippen LogP contribution in [0, 0.1) is 0 Å². The summed E-state index contributed by atoms with van der Waals surface area (Å²) in [6, 6.07) is 11.7. The Bertz CT molecular complexity index is 719. The van der Waals surface area contributed by atoms with E-state index in [0.29, 0.717) is 13.2 Å². The fourth-order valence-electron chi connectivity index (χ4n) is 3.36. The van der Waals surface area contributed by atoms with Crippen molar-refractivity contribution < 1.29 is 9.53 Å². The van der Waals surface area contributed by atoms with Gasteiger partial charge in [0.1, 0.15) is 0 Å². The molecule has 118 valence electrons. The zero-order valence-corrected chi connectivity index (χ0v) is 12.9. The van der Waals surface area contributed by atoms with Crippen LogP contribution in [0.1, 0.15) is 27.9 Å². The van der Waals surface area contributed by atoms with Crippen LogP contribution in [0.2, 0.25) is 0 Å². The summed E-state index contributed by atoms with van der Waals surface area (Å²) in [6.07, 6.45) is 4.46. The van der Waals surface area contributed by atoms with Gasteiger partial charge in [-0.05, 0) is 23.3 Å². The lowest BCUT2D eigenvalue weighted by atomic mass is 10.1. The number of likely N-dealkylation sites (tertiary alicyclic amines) is 1. The van der Waals surface area contributed by atoms with Gasteiger partial charge in [-0.1, -0.05) is 24.3 Å². The third kappa shape index (κ3) is 2.85. The molecule has 5 nitrogen and oxygen atoms in total. The second-order valence-corrected chi connectivity index (χ2v) is 6.22. The number of nitrogens with zero attached hydrogens (tertiary/aromatic N) is 2. The summed E-state index contributed by atoms with van der Waals surface area (Å²) in [7, 11) is 0. The van der Waals surface area contributed by atoms with Gasteiger partial charge in [-0.25, -0.2) is 0 Å². The normalized spacial score (nSPS) is 24.3. The second kappa shape index (κ2) is 5.76. The molecule has 0 bridgehead atoms. The van der Waals surface area contributed by atoms with Crippen molar-refractivity contribution in [2.75, 3.05) is 13.1 Å². The van der Waals surface area contributed by atoms with E-state index in [1.54, 1.807) is 6.20 Å². The van der Waals surface area contributed by atoms with Crippen LogP contribution in [-0.4, -0.2) is 34.6 Å². The molecule has 0 aliphatic carbocycles. The highest BCUT2D eigenvalue weighted by atomic mass is 16.5. The number of amides is 1. The van der Waals surface area contributed by atoms with Gasteiger partial charge in [0.05, 0.1) is 6.61 Å². The van der Waals surface area contributed by atoms with Crippen molar-refractivity contribution in [3.05, 3.63) is 65.5 Å². The summed E-state index contributed by atoms with van der Waals surface area (Å²) in [6.45, 7) is 2.88. The van der Waals surface area contributed by atoms with Crippen LogP contribution in [0.25, 0.3) is 0 Å². The summed E-state index contributed by atoms with van der Waals surface area (Å²) in [5.41, 5.74) is 2.26. The lowest BCUT2D eigenvalue weighted by Crippen LogP contribution is -2.51. The third-order valence-electron chi connectivity index (χ3n) is 4.55. The first-order chi connectivity index (χ1) is 11.2. The maximum Gasteiger partial charge on any atom is 0.253 e. The number of nitrogens with one attached hydrogen (secondary N) is 1. The standard InChI is InChI=1S/C18H19N3O2/c22-17-16-6-2-1-5-15(16)12-23-18(20-17)7-9-21(13-18)11-14-4-3-8-19-10-14/h1-6,8,10H,7,9,11-13H2,(H,20,22). The molecule has 1 fully saturated rings. The van der Waals surface area contributed by atoms with Crippen LogP contribution in [0.5, 0.6) is 0 Å². The van der Waals surface area contributed by atoms with Gasteiger partial charge in [-0.3, -0.25) is 14.7 Å². The number of carbonyl (C=O) groups excluding carboxylic acids is 1. The van der Waals surface area contributed by atoms with Crippen molar-refractivity contribution in [3.8, 4) is 0 Å². The lowest BCUT2D eigenvalue weighted by molar-refractivity contribution is -0.0629. The molecule has 1 aromatic carbocycles. The third-order valence-corrected chi connectivity index (χ3v) is 4.55. The van der Waals surface area contributed by atoms with E-state index in [1.165, 1.54) is 5.56 Å². The molecule has 1 N–H and O–H groups in total. The molecule has 5 heteroatoms. The first-order valence-corrected chi connectivity index (χ1v) is 7.90. The predicted octanol–water partition coefficient (Wildman–Crippen LogP) is 1.94. The van der Waals surface area contributed by atoms with E-state index in [2.05, 4.69) is 21.3 Å². The van der Waals surface area contributed by atoms with Gasteiger partial charge >= 0.3 is 0 Å². The monoisotopic (exact) mass is 309 g/mol. The van der Waals surface area contributed by atoms with Crippen molar-refractivity contribution >= 4 is 5.91 Å². The van der Waals surface area contributed by atoms with E-state index >= 15 is 0 Å². The van der Waals surface area contributed by atoms with E-state index in [0.717, 1.165) is 30.6 Å². The Labute approximate surface area is 135 Å². The zero-order valence-electron chi connectivity index (χ0n) is 12.9. The molecule has 1 saturated heterocycles. The molecule has 0 radical (unpaired) electrons. The summed E-state index contributed by atoms with van der Waals surface area (Å²) >= 11 is 0. The number of fused-ring (bicyclic) bond motifs is 1. The Balaban J connectivity index is 1.49. The molecule has 1 spiro atoms. The molecule has 1 aromatic heterocycles. The lowest BCUT2D eigenvalue weighted by Gasteiger charge is -2.29. The summed E-state index contributed by atoms with van der Waals surface area (Å²) < 4.78 is 6.13. The average molecular weight is 309 g/mol. The second-order valence-electron chi connectivity index (χ2n) is 6.22. The molecular formula is C18H19N3O2. The number of ether oxygens (including phenoxy) is 1. The van der Waals surface area contributed by atoms with E-state index in [9.17, 15) is 4.79 Å². The number of pyridine rings is 1. The molecule has 2 aliphatic heterocycles. The van der Waals surface area contributed by atoms with Gasteiger partial charge < -0.3 is 10.1 Å². The number of rotatable bonds is 2. The number of benzene rings is 1. The largest absolute Gasteiger partial charge is 0.350 e. The Morgan fingerprint density at radius 2 is 2.17 bits per heavy atom. The smallest absolute Gasteiger partial charge is 0.253 e. The van der Waals surface area contributed by atoms with Crippen molar-refractivity contribution in [2.45, 2.75) is 25.3 Å². The quantitative estimate of drug-likeness (QED) is 0.921. The number of hydrogen-bond acceptors (Lipinski definition) is 4. The first kappa shape index (κ1) is 14.4. The highest BCUT2D eigenvalue weighted by molar-refractivity contribution is 5.96. The van der Waals surface area contributed by atoms with Crippen molar-refractivity contribution in [1.82, 2.24) is 15.2 Å².